The van der Waals surface area contributed by atoms with Gasteiger partial charge in [0.2, 0.25) is 11.6 Å². The fourth-order valence-corrected chi connectivity index (χ4v) is 4.90. The minimum Gasteiger partial charge on any atom is -0.761 e. The molecule has 32 heavy (non-hydrogen) atoms. The molecule has 0 saturated carbocycles. The van der Waals surface area contributed by atoms with E-state index in [1.807, 2.05) is 54.6 Å². The highest BCUT2D eigenvalue weighted by Crippen LogP contribution is 2.56. The summed E-state index contributed by atoms with van der Waals surface area (Å²) in [5.41, 5.74) is 3.74. The first kappa shape index (κ1) is 22.0. The molecule has 2 aromatic carbocycles. The van der Waals surface area contributed by atoms with E-state index >= 15 is 0 Å². The molecule has 0 fully saturated rings. The minimum absolute atomic E-state index is 0.0440. The molecule has 170 valence electrons. The Labute approximate surface area is 189 Å². The molecule has 2 heterocycles. The second-order valence-corrected chi connectivity index (χ2v) is 8.63. The van der Waals surface area contributed by atoms with Gasteiger partial charge in [0, 0.05) is 36.1 Å². The van der Waals surface area contributed by atoms with Gasteiger partial charge in [-0.1, -0.05) is 18.2 Å². The number of para-hydroxylation sites is 1. The molecule has 2 aliphatic heterocycles. The third-order valence-corrected chi connectivity index (χ3v) is 6.74. The van der Waals surface area contributed by atoms with E-state index in [-0.39, 0.29) is 12.5 Å². The largest absolute Gasteiger partial charge is 0.761 e. The fourth-order valence-electron chi connectivity index (χ4n) is 4.90. The number of rotatable bonds is 6. The zero-order valence-corrected chi connectivity index (χ0v) is 19.3. The SMILES string of the molecule is CCN(CC)C(=O)CN1c2ccccc2C(C)(C)C12C=Cc1cc(N[O-])cc(OC)c1O2. The van der Waals surface area contributed by atoms with Crippen LogP contribution in [-0.4, -0.2) is 43.3 Å². The Hall–Kier alpha value is -3.19. The first-order valence-electron chi connectivity index (χ1n) is 11.0. The summed E-state index contributed by atoms with van der Waals surface area (Å²) < 4.78 is 12.3. The van der Waals surface area contributed by atoms with Crippen molar-refractivity contribution in [1.82, 2.24) is 4.90 Å². The van der Waals surface area contributed by atoms with E-state index in [1.54, 1.807) is 19.2 Å². The van der Waals surface area contributed by atoms with Gasteiger partial charge in [0.05, 0.1) is 12.5 Å². The van der Waals surface area contributed by atoms with Gasteiger partial charge in [-0.05, 0) is 57.5 Å². The summed E-state index contributed by atoms with van der Waals surface area (Å²) in [6, 6.07) is 11.5. The van der Waals surface area contributed by atoms with Gasteiger partial charge in [-0.25, -0.2) is 0 Å². The number of benzene rings is 2. The van der Waals surface area contributed by atoms with E-state index in [1.165, 1.54) is 0 Å². The third kappa shape index (κ3) is 3.11. The number of nitrogens with one attached hydrogen (secondary N) is 1. The molecular weight excluding hydrogens is 406 g/mol. The molecule has 1 N–H and O–H groups in total. The highest BCUT2D eigenvalue weighted by atomic mass is 16.5. The number of fused-ring (bicyclic) bond motifs is 2. The summed E-state index contributed by atoms with van der Waals surface area (Å²) in [6.07, 6.45) is 3.95. The Bertz CT molecular complexity index is 1060. The molecule has 0 bridgehead atoms. The van der Waals surface area contributed by atoms with Gasteiger partial charge >= 0.3 is 0 Å². The molecule has 1 unspecified atom stereocenters. The van der Waals surface area contributed by atoms with Crippen molar-refractivity contribution in [1.29, 1.82) is 0 Å². The van der Waals surface area contributed by atoms with Crippen LogP contribution in [0.5, 0.6) is 11.5 Å². The number of nitrogens with zero attached hydrogens (tertiary/aromatic N) is 2. The Morgan fingerprint density at radius 3 is 2.59 bits per heavy atom. The van der Waals surface area contributed by atoms with Gasteiger partial charge in [0.25, 0.3) is 0 Å². The van der Waals surface area contributed by atoms with E-state index < -0.39 is 11.1 Å². The van der Waals surface area contributed by atoms with Crippen LogP contribution in [0.3, 0.4) is 0 Å². The first-order valence-corrected chi connectivity index (χ1v) is 11.0. The molecule has 0 radical (unpaired) electrons. The van der Waals surface area contributed by atoms with Crippen LogP contribution in [0, 0.1) is 5.21 Å². The third-order valence-electron chi connectivity index (χ3n) is 6.74. The molecule has 2 aromatic rings. The van der Waals surface area contributed by atoms with Gasteiger partial charge in [-0.15, -0.1) is 0 Å². The van der Waals surface area contributed by atoms with Crippen molar-refractivity contribution >= 4 is 23.4 Å². The lowest BCUT2D eigenvalue weighted by molar-refractivity contribution is -0.130. The molecule has 7 heteroatoms. The Balaban J connectivity index is 1.86. The van der Waals surface area contributed by atoms with Crippen LogP contribution in [-0.2, 0) is 10.2 Å². The van der Waals surface area contributed by atoms with E-state index in [9.17, 15) is 10.0 Å². The van der Waals surface area contributed by atoms with Crippen molar-refractivity contribution in [2.24, 2.45) is 0 Å². The fraction of sp³-hybridized carbons (Fsp3) is 0.400. The average Bonchev–Trinajstić information content (AvgIpc) is 2.98. The first-order chi connectivity index (χ1) is 15.3. The smallest absolute Gasteiger partial charge is 0.242 e. The van der Waals surface area contributed by atoms with Crippen molar-refractivity contribution in [2.45, 2.75) is 38.8 Å². The molecule has 7 nitrogen and oxygen atoms in total. The zero-order chi connectivity index (χ0) is 23.1. The Morgan fingerprint density at radius 1 is 1.22 bits per heavy atom. The molecule has 0 saturated heterocycles. The van der Waals surface area contributed by atoms with Gasteiger partial charge in [-0.3, -0.25) is 4.79 Å². The highest BCUT2D eigenvalue weighted by molar-refractivity contribution is 5.85. The quantitative estimate of drug-likeness (QED) is 0.678. The van der Waals surface area contributed by atoms with Crippen molar-refractivity contribution in [2.75, 3.05) is 37.1 Å². The predicted molar refractivity (Wildman–Crippen MR) is 127 cm³/mol. The lowest BCUT2D eigenvalue weighted by atomic mass is 9.76. The second kappa shape index (κ2) is 8.06. The standard InChI is InChI=1S/C25H30N3O4/c1-6-27(7-2)22(29)16-28-20-11-9-8-10-19(20)24(3,4)25(28)13-12-17-14-18(26-30)15-21(31-5)23(17)32-25/h8-15,26H,6-7,16H2,1-5H3/q-1. The zero-order valence-electron chi connectivity index (χ0n) is 19.3. The summed E-state index contributed by atoms with van der Waals surface area (Å²) in [4.78, 5) is 17.1. The number of carbonyl (C=O) groups is 1. The number of hydrogen-bond acceptors (Lipinski definition) is 6. The molecule has 1 amide bonds. The van der Waals surface area contributed by atoms with Crippen molar-refractivity contribution in [3.8, 4) is 11.5 Å². The van der Waals surface area contributed by atoms with Gasteiger partial charge < -0.3 is 30.0 Å². The van der Waals surface area contributed by atoms with E-state index in [2.05, 4.69) is 24.8 Å². The molecule has 4 rings (SSSR count). The molecule has 0 aromatic heterocycles. The summed E-state index contributed by atoms with van der Waals surface area (Å²) in [6.45, 7) is 9.72. The van der Waals surface area contributed by atoms with Crippen LogP contribution in [0.15, 0.2) is 42.5 Å². The van der Waals surface area contributed by atoms with Crippen LogP contribution in [0.25, 0.3) is 6.08 Å². The van der Waals surface area contributed by atoms with E-state index in [0.717, 1.165) is 16.8 Å². The number of amides is 1. The number of anilines is 2. The Morgan fingerprint density at radius 2 is 1.94 bits per heavy atom. The normalized spacial score (nSPS) is 19.9. The number of likely N-dealkylation sites (N-methyl/N-ethyl adjacent to an activating group) is 1. The van der Waals surface area contributed by atoms with Crippen LogP contribution < -0.4 is 19.9 Å². The average molecular weight is 437 g/mol. The number of methoxy groups -OCH3 is 1. The monoisotopic (exact) mass is 436 g/mol. The van der Waals surface area contributed by atoms with E-state index in [0.29, 0.717) is 30.3 Å². The van der Waals surface area contributed by atoms with Gasteiger partial charge in [-0.2, -0.15) is 0 Å². The maximum atomic E-state index is 13.2. The van der Waals surface area contributed by atoms with E-state index in [4.69, 9.17) is 9.47 Å². The van der Waals surface area contributed by atoms with Crippen molar-refractivity contribution < 1.29 is 14.3 Å². The predicted octanol–water partition coefficient (Wildman–Crippen LogP) is 4.37. The van der Waals surface area contributed by atoms with Crippen LogP contribution in [0.1, 0.15) is 38.8 Å². The Kier molecular flexibility index (Phi) is 5.54. The number of carbonyl (C=O) groups excluding carboxylic acids is 1. The van der Waals surface area contributed by atoms with Gasteiger partial charge in [0.1, 0.15) is 6.54 Å². The molecule has 1 atom stereocenters. The molecular formula is C25H30N3O4-. The maximum absolute atomic E-state index is 13.2. The van der Waals surface area contributed by atoms with Crippen LogP contribution in [0.4, 0.5) is 11.4 Å². The summed E-state index contributed by atoms with van der Waals surface area (Å²) in [5.74, 6) is 1.06. The van der Waals surface area contributed by atoms with Gasteiger partial charge in [0.15, 0.2) is 11.5 Å². The summed E-state index contributed by atoms with van der Waals surface area (Å²) >= 11 is 0. The van der Waals surface area contributed by atoms with Crippen LogP contribution >= 0.6 is 0 Å². The highest BCUT2D eigenvalue weighted by Gasteiger charge is 2.59. The topological polar surface area (TPSA) is 77.1 Å². The number of ether oxygens (including phenoxy) is 2. The molecule has 2 aliphatic rings. The van der Waals surface area contributed by atoms with Crippen molar-refractivity contribution in [3.05, 3.63) is 58.8 Å². The molecule has 0 aliphatic carbocycles. The lowest BCUT2D eigenvalue weighted by Crippen LogP contribution is -2.61. The van der Waals surface area contributed by atoms with Crippen molar-refractivity contribution in [3.63, 3.8) is 0 Å². The second-order valence-electron chi connectivity index (χ2n) is 8.63. The lowest BCUT2D eigenvalue weighted by Gasteiger charge is -2.47. The summed E-state index contributed by atoms with van der Waals surface area (Å²) in [5, 5.41) is 11.3. The molecule has 1 spiro atoms. The number of hydrogen-bond donors (Lipinski definition) is 1. The maximum Gasteiger partial charge on any atom is 0.242 e. The summed E-state index contributed by atoms with van der Waals surface area (Å²) in [7, 11) is 1.55. The van der Waals surface area contributed by atoms with Crippen LogP contribution in [0.2, 0.25) is 0 Å². The minimum atomic E-state index is -0.938.